The van der Waals surface area contributed by atoms with E-state index in [1.165, 1.54) is 0 Å². The molecule has 0 saturated heterocycles. The number of phenols is 1. The standard InChI is InChI=1S/C13H14N4O2/c18-12-3-1-9(2-4-12)5-10-6-13(19)14-7-11-8-15-16-17(10)11/h1-4,8,10,18H,5-7H2,(H,14,19)/t10-/m0/s1. The zero-order valence-corrected chi connectivity index (χ0v) is 10.3. The highest BCUT2D eigenvalue weighted by atomic mass is 16.3. The molecule has 0 saturated carbocycles. The topological polar surface area (TPSA) is 80.0 Å². The molecule has 6 heteroatoms. The van der Waals surface area contributed by atoms with E-state index in [4.69, 9.17) is 0 Å². The van der Waals surface area contributed by atoms with Crippen molar-refractivity contribution in [3.63, 3.8) is 0 Å². The number of carbonyl (C=O) groups is 1. The average molecular weight is 258 g/mol. The van der Waals surface area contributed by atoms with E-state index in [1.807, 2.05) is 16.8 Å². The van der Waals surface area contributed by atoms with Crippen molar-refractivity contribution in [2.24, 2.45) is 0 Å². The molecule has 1 aromatic carbocycles. The van der Waals surface area contributed by atoms with Crippen LogP contribution in [0.3, 0.4) is 0 Å². The zero-order valence-electron chi connectivity index (χ0n) is 10.3. The van der Waals surface area contributed by atoms with Crippen LogP contribution in [0.25, 0.3) is 0 Å². The van der Waals surface area contributed by atoms with Gasteiger partial charge in [0.2, 0.25) is 5.91 Å². The van der Waals surface area contributed by atoms with Gasteiger partial charge in [0, 0.05) is 6.42 Å². The number of hydrogen-bond donors (Lipinski definition) is 2. The Morgan fingerprint density at radius 1 is 1.37 bits per heavy atom. The molecule has 19 heavy (non-hydrogen) atoms. The van der Waals surface area contributed by atoms with Crippen LogP contribution < -0.4 is 5.32 Å². The quantitative estimate of drug-likeness (QED) is 0.834. The van der Waals surface area contributed by atoms with Gasteiger partial charge in [-0.2, -0.15) is 0 Å². The third-order valence-electron chi connectivity index (χ3n) is 3.29. The molecular weight excluding hydrogens is 244 g/mol. The van der Waals surface area contributed by atoms with E-state index in [0.29, 0.717) is 19.4 Å². The van der Waals surface area contributed by atoms with Gasteiger partial charge in [0.05, 0.1) is 24.5 Å². The largest absolute Gasteiger partial charge is 0.508 e. The molecule has 6 nitrogen and oxygen atoms in total. The Bertz CT molecular complexity index is 591. The van der Waals surface area contributed by atoms with Gasteiger partial charge in [0.25, 0.3) is 0 Å². The normalized spacial score (nSPS) is 18.5. The highest BCUT2D eigenvalue weighted by Crippen LogP contribution is 2.22. The van der Waals surface area contributed by atoms with E-state index >= 15 is 0 Å². The molecule has 1 atom stereocenters. The van der Waals surface area contributed by atoms with Gasteiger partial charge < -0.3 is 10.4 Å². The fourth-order valence-corrected chi connectivity index (χ4v) is 2.32. The summed E-state index contributed by atoms with van der Waals surface area (Å²) in [6, 6.07) is 6.97. The molecule has 1 aliphatic heterocycles. The minimum atomic E-state index is -0.0375. The van der Waals surface area contributed by atoms with Crippen molar-refractivity contribution in [3.05, 3.63) is 41.7 Å². The minimum absolute atomic E-state index is 0.0225. The van der Waals surface area contributed by atoms with Crippen LogP contribution in [0.2, 0.25) is 0 Å². The van der Waals surface area contributed by atoms with Crippen LogP contribution in [-0.2, 0) is 17.8 Å². The van der Waals surface area contributed by atoms with Crippen LogP contribution in [0.1, 0.15) is 23.7 Å². The van der Waals surface area contributed by atoms with Crippen LogP contribution in [0.5, 0.6) is 5.75 Å². The van der Waals surface area contributed by atoms with Crippen LogP contribution in [0.15, 0.2) is 30.5 Å². The maximum absolute atomic E-state index is 11.7. The number of nitrogens with one attached hydrogen (secondary N) is 1. The first-order valence-electron chi connectivity index (χ1n) is 6.16. The fraction of sp³-hybridized carbons (Fsp3) is 0.308. The van der Waals surface area contributed by atoms with Crippen LogP contribution >= 0.6 is 0 Å². The van der Waals surface area contributed by atoms with Crippen molar-refractivity contribution < 1.29 is 9.90 Å². The lowest BCUT2D eigenvalue weighted by atomic mass is 10.0. The summed E-state index contributed by atoms with van der Waals surface area (Å²) >= 11 is 0. The Morgan fingerprint density at radius 3 is 2.95 bits per heavy atom. The van der Waals surface area contributed by atoms with Gasteiger partial charge in [-0.3, -0.25) is 4.79 Å². The lowest BCUT2D eigenvalue weighted by Crippen LogP contribution is -2.22. The average Bonchev–Trinajstić information content (AvgIpc) is 2.81. The summed E-state index contributed by atoms with van der Waals surface area (Å²) in [5.41, 5.74) is 1.97. The van der Waals surface area contributed by atoms with E-state index in [-0.39, 0.29) is 17.7 Å². The summed E-state index contributed by atoms with van der Waals surface area (Å²) in [6.45, 7) is 0.470. The number of benzene rings is 1. The van der Waals surface area contributed by atoms with Crippen molar-refractivity contribution in [1.29, 1.82) is 0 Å². The minimum Gasteiger partial charge on any atom is -0.508 e. The molecular formula is C13H14N4O2. The predicted molar refractivity (Wildman–Crippen MR) is 67.3 cm³/mol. The Balaban J connectivity index is 1.86. The van der Waals surface area contributed by atoms with E-state index in [1.54, 1.807) is 18.3 Å². The first kappa shape index (κ1) is 11.7. The number of rotatable bonds is 2. The molecule has 2 N–H and O–H groups in total. The number of hydrogen-bond acceptors (Lipinski definition) is 4. The molecule has 0 bridgehead atoms. The molecule has 0 aliphatic carbocycles. The Kier molecular flexibility index (Phi) is 2.91. The molecule has 0 fully saturated rings. The smallest absolute Gasteiger partial charge is 0.222 e. The molecule has 2 heterocycles. The third kappa shape index (κ3) is 2.42. The summed E-state index contributed by atoms with van der Waals surface area (Å²) in [6.07, 6.45) is 2.75. The van der Waals surface area contributed by atoms with Gasteiger partial charge in [0.15, 0.2) is 0 Å². The number of amides is 1. The SMILES string of the molecule is O=C1C[C@H](Cc2ccc(O)cc2)n2nncc2CN1. The van der Waals surface area contributed by atoms with Gasteiger partial charge in [-0.15, -0.1) is 5.10 Å². The summed E-state index contributed by atoms with van der Waals surface area (Å²) in [5.74, 6) is 0.262. The molecule has 1 aliphatic rings. The van der Waals surface area contributed by atoms with Crippen molar-refractivity contribution in [2.75, 3.05) is 0 Å². The fourth-order valence-electron chi connectivity index (χ4n) is 2.32. The lowest BCUT2D eigenvalue weighted by Gasteiger charge is -2.15. The molecule has 0 unspecified atom stereocenters. The van der Waals surface area contributed by atoms with Crippen molar-refractivity contribution in [2.45, 2.75) is 25.4 Å². The van der Waals surface area contributed by atoms with E-state index in [0.717, 1.165) is 11.3 Å². The monoisotopic (exact) mass is 258 g/mol. The highest BCUT2D eigenvalue weighted by molar-refractivity contribution is 5.76. The first-order chi connectivity index (χ1) is 9.22. The summed E-state index contributed by atoms with van der Waals surface area (Å²) in [4.78, 5) is 11.7. The number of nitrogens with zero attached hydrogens (tertiary/aromatic N) is 3. The van der Waals surface area contributed by atoms with Crippen LogP contribution in [0, 0.1) is 0 Å². The van der Waals surface area contributed by atoms with Gasteiger partial charge >= 0.3 is 0 Å². The molecule has 98 valence electrons. The van der Waals surface area contributed by atoms with Crippen molar-refractivity contribution in [3.8, 4) is 5.75 Å². The Morgan fingerprint density at radius 2 is 2.16 bits per heavy atom. The zero-order chi connectivity index (χ0) is 13.2. The Hall–Kier alpha value is -2.37. The number of carbonyl (C=O) groups excluding carboxylic acids is 1. The third-order valence-corrected chi connectivity index (χ3v) is 3.29. The van der Waals surface area contributed by atoms with E-state index in [2.05, 4.69) is 15.6 Å². The number of fused-ring (bicyclic) bond motifs is 1. The maximum atomic E-state index is 11.7. The second-order valence-electron chi connectivity index (χ2n) is 4.68. The summed E-state index contributed by atoms with van der Waals surface area (Å²) < 4.78 is 1.81. The number of aromatic nitrogens is 3. The Labute approximate surface area is 110 Å². The molecule has 0 radical (unpaired) electrons. The second kappa shape index (κ2) is 4.72. The molecule has 2 aromatic rings. The lowest BCUT2D eigenvalue weighted by molar-refractivity contribution is -0.121. The maximum Gasteiger partial charge on any atom is 0.222 e. The van der Waals surface area contributed by atoms with Gasteiger partial charge in [-0.05, 0) is 24.1 Å². The number of aromatic hydroxyl groups is 1. The van der Waals surface area contributed by atoms with Gasteiger partial charge in [0.1, 0.15) is 5.75 Å². The van der Waals surface area contributed by atoms with Crippen molar-refractivity contribution >= 4 is 5.91 Å². The molecule has 3 rings (SSSR count). The van der Waals surface area contributed by atoms with Crippen LogP contribution in [0.4, 0.5) is 0 Å². The number of phenolic OH excluding ortho intramolecular Hbond substituents is 1. The highest BCUT2D eigenvalue weighted by Gasteiger charge is 2.23. The van der Waals surface area contributed by atoms with Gasteiger partial charge in [-0.25, -0.2) is 4.68 Å². The van der Waals surface area contributed by atoms with Crippen LogP contribution in [-0.4, -0.2) is 26.0 Å². The van der Waals surface area contributed by atoms with Gasteiger partial charge in [-0.1, -0.05) is 17.3 Å². The van der Waals surface area contributed by atoms with E-state index in [9.17, 15) is 9.90 Å². The van der Waals surface area contributed by atoms with Crippen molar-refractivity contribution in [1.82, 2.24) is 20.3 Å². The molecule has 0 spiro atoms. The summed E-state index contributed by atoms with van der Waals surface area (Å²) in [5, 5.41) is 20.1. The first-order valence-corrected chi connectivity index (χ1v) is 6.16. The second-order valence-corrected chi connectivity index (χ2v) is 4.68. The predicted octanol–water partition coefficient (Wildman–Crippen LogP) is 0.787. The summed E-state index contributed by atoms with van der Waals surface area (Å²) in [7, 11) is 0. The van der Waals surface area contributed by atoms with E-state index < -0.39 is 0 Å². The molecule has 1 amide bonds. The molecule has 1 aromatic heterocycles.